The summed E-state index contributed by atoms with van der Waals surface area (Å²) in [4.78, 5) is 0. The van der Waals surface area contributed by atoms with Gasteiger partial charge in [0.05, 0.1) is 0 Å². The third-order valence-electron chi connectivity index (χ3n) is 1.90. The van der Waals surface area contributed by atoms with Gasteiger partial charge in [-0.3, -0.25) is 0 Å². The van der Waals surface area contributed by atoms with Gasteiger partial charge in [0.1, 0.15) is 0 Å². The average molecular weight is 192 g/mol. The minimum Gasteiger partial charge on any atom is -0.423 e. The van der Waals surface area contributed by atoms with Gasteiger partial charge in [0.2, 0.25) is 0 Å². The largest absolute Gasteiger partial charge is 0.488 e. The van der Waals surface area contributed by atoms with Gasteiger partial charge < -0.3 is 20.1 Å². The molecule has 0 radical (unpaired) electrons. The molecule has 0 fully saturated rings. The van der Waals surface area contributed by atoms with Crippen LogP contribution in [0.3, 0.4) is 0 Å². The number of benzene rings is 1. The van der Waals surface area contributed by atoms with Crippen LogP contribution in [0.5, 0.6) is 0 Å². The van der Waals surface area contributed by atoms with E-state index in [1.54, 1.807) is 6.07 Å². The molecule has 4 nitrogen and oxygen atoms in total. The molecule has 0 aliphatic carbocycles. The molecule has 0 aromatic heterocycles. The molecule has 14 heavy (non-hydrogen) atoms. The molecular formula is C8H10B2O4. The molecule has 0 saturated carbocycles. The Kier molecular flexibility index (Phi) is 3.49. The van der Waals surface area contributed by atoms with E-state index in [1.807, 2.05) is 0 Å². The van der Waals surface area contributed by atoms with Gasteiger partial charge in [0.15, 0.2) is 0 Å². The van der Waals surface area contributed by atoms with Crippen molar-refractivity contribution in [2.24, 2.45) is 0 Å². The topological polar surface area (TPSA) is 80.9 Å². The fraction of sp³-hybridized carbons (Fsp3) is 0. The van der Waals surface area contributed by atoms with Crippen LogP contribution in [0.25, 0.3) is 6.08 Å². The molecule has 1 aromatic rings. The van der Waals surface area contributed by atoms with Gasteiger partial charge in [-0.05, 0) is 16.5 Å². The molecule has 72 valence electrons. The molecule has 0 saturated heterocycles. The highest BCUT2D eigenvalue weighted by Crippen LogP contribution is 1.97. The van der Waals surface area contributed by atoms with Gasteiger partial charge in [-0.15, -0.1) is 0 Å². The highest BCUT2D eigenvalue weighted by atomic mass is 16.4. The Morgan fingerprint density at radius 1 is 1.00 bits per heavy atom. The fourth-order valence-corrected chi connectivity index (χ4v) is 1.18. The molecule has 0 aliphatic rings. The van der Waals surface area contributed by atoms with E-state index in [1.165, 1.54) is 18.2 Å². The van der Waals surface area contributed by atoms with E-state index in [9.17, 15) is 0 Å². The first-order chi connectivity index (χ1) is 6.56. The summed E-state index contributed by atoms with van der Waals surface area (Å²) in [7, 11) is -3.45. The van der Waals surface area contributed by atoms with Crippen molar-refractivity contribution in [1.29, 1.82) is 0 Å². The second kappa shape index (κ2) is 4.43. The average Bonchev–Trinajstić information content (AvgIpc) is 2.16. The Balaban J connectivity index is 3.23. The second-order valence-electron chi connectivity index (χ2n) is 2.84. The van der Waals surface area contributed by atoms with Crippen LogP contribution in [0.4, 0.5) is 0 Å². The smallest absolute Gasteiger partial charge is 0.423 e. The lowest BCUT2D eigenvalue weighted by Gasteiger charge is -2.08. The Hall–Kier alpha value is -1.07. The summed E-state index contributed by atoms with van der Waals surface area (Å²) in [6.07, 6.45) is 1.53. The zero-order valence-corrected chi connectivity index (χ0v) is 7.46. The Morgan fingerprint density at radius 2 is 1.57 bits per heavy atom. The van der Waals surface area contributed by atoms with Crippen LogP contribution in [0.15, 0.2) is 24.8 Å². The van der Waals surface area contributed by atoms with Gasteiger partial charge in [-0.2, -0.15) is 0 Å². The summed E-state index contributed by atoms with van der Waals surface area (Å²) in [5.74, 6) is 0. The molecule has 1 aromatic carbocycles. The first-order valence-corrected chi connectivity index (χ1v) is 4.05. The van der Waals surface area contributed by atoms with Crippen LogP contribution in [0.2, 0.25) is 0 Å². The van der Waals surface area contributed by atoms with Gasteiger partial charge in [-0.25, -0.2) is 0 Å². The molecule has 1 rings (SSSR count). The standard InChI is InChI=1S/C8H10B2O4/c1-2-6-3-4-7(9(11)12)8(5-6)10(13)14/h2-5,11-14H,1H2. The predicted molar refractivity (Wildman–Crippen MR) is 56.2 cm³/mol. The van der Waals surface area contributed by atoms with E-state index in [4.69, 9.17) is 20.1 Å². The quantitative estimate of drug-likeness (QED) is 0.405. The van der Waals surface area contributed by atoms with Crippen molar-refractivity contribution in [2.45, 2.75) is 0 Å². The molecule has 0 spiro atoms. The Bertz CT molecular complexity index is 338. The molecule has 0 aliphatic heterocycles. The van der Waals surface area contributed by atoms with E-state index in [2.05, 4.69) is 6.58 Å². The third-order valence-corrected chi connectivity index (χ3v) is 1.90. The lowest BCUT2D eigenvalue weighted by Crippen LogP contribution is -2.49. The highest BCUT2D eigenvalue weighted by Gasteiger charge is 2.22. The molecular weight excluding hydrogens is 182 g/mol. The van der Waals surface area contributed by atoms with Gasteiger partial charge in [0.25, 0.3) is 0 Å². The van der Waals surface area contributed by atoms with Crippen LogP contribution in [0.1, 0.15) is 5.56 Å². The number of hydrogen-bond acceptors (Lipinski definition) is 4. The van der Waals surface area contributed by atoms with Crippen LogP contribution < -0.4 is 10.9 Å². The molecule has 4 N–H and O–H groups in total. The van der Waals surface area contributed by atoms with Gasteiger partial charge >= 0.3 is 14.2 Å². The summed E-state index contributed by atoms with van der Waals surface area (Å²) in [5, 5.41) is 35.8. The van der Waals surface area contributed by atoms with Crippen molar-refractivity contribution in [3.8, 4) is 0 Å². The van der Waals surface area contributed by atoms with Crippen molar-refractivity contribution < 1.29 is 20.1 Å². The molecule has 0 amide bonds. The number of rotatable bonds is 3. The summed E-state index contributed by atoms with van der Waals surface area (Å²) in [6.45, 7) is 3.52. The zero-order valence-electron chi connectivity index (χ0n) is 7.46. The molecule has 0 heterocycles. The Morgan fingerprint density at radius 3 is 2.00 bits per heavy atom. The lowest BCUT2D eigenvalue weighted by molar-refractivity contribution is 0.419. The van der Waals surface area contributed by atoms with E-state index < -0.39 is 14.2 Å². The van der Waals surface area contributed by atoms with Crippen molar-refractivity contribution in [2.75, 3.05) is 0 Å². The van der Waals surface area contributed by atoms with Crippen LogP contribution in [-0.4, -0.2) is 34.3 Å². The fourth-order valence-electron chi connectivity index (χ4n) is 1.18. The van der Waals surface area contributed by atoms with Crippen molar-refractivity contribution in [3.05, 3.63) is 30.3 Å². The predicted octanol–water partition coefficient (Wildman–Crippen LogP) is -2.31. The highest BCUT2D eigenvalue weighted by molar-refractivity contribution is 6.71. The van der Waals surface area contributed by atoms with E-state index in [-0.39, 0.29) is 10.9 Å². The number of hydrogen-bond donors (Lipinski definition) is 4. The first-order valence-electron chi connectivity index (χ1n) is 4.05. The zero-order chi connectivity index (χ0) is 10.7. The maximum Gasteiger partial charge on any atom is 0.488 e. The lowest BCUT2D eigenvalue weighted by atomic mass is 9.65. The van der Waals surface area contributed by atoms with Crippen molar-refractivity contribution >= 4 is 31.2 Å². The maximum atomic E-state index is 8.97. The summed E-state index contributed by atoms with van der Waals surface area (Å²) in [6, 6.07) is 4.45. The first kappa shape index (κ1) is 11.0. The maximum absolute atomic E-state index is 8.97. The van der Waals surface area contributed by atoms with Crippen LogP contribution in [0, 0.1) is 0 Å². The van der Waals surface area contributed by atoms with E-state index >= 15 is 0 Å². The molecule has 6 heteroatoms. The van der Waals surface area contributed by atoms with Gasteiger partial charge in [0, 0.05) is 0 Å². The van der Waals surface area contributed by atoms with E-state index in [0.717, 1.165) is 0 Å². The van der Waals surface area contributed by atoms with E-state index in [0.29, 0.717) is 5.56 Å². The monoisotopic (exact) mass is 192 g/mol. The van der Waals surface area contributed by atoms with Crippen LogP contribution >= 0.6 is 0 Å². The van der Waals surface area contributed by atoms with Gasteiger partial charge in [-0.1, -0.05) is 30.9 Å². The van der Waals surface area contributed by atoms with Crippen LogP contribution in [-0.2, 0) is 0 Å². The minimum absolute atomic E-state index is 0.0670. The SMILES string of the molecule is C=Cc1ccc(B(O)O)c(B(O)O)c1. The summed E-state index contributed by atoms with van der Waals surface area (Å²) in [5.41, 5.74) is 0.820. The molecule has 0 unspecified atom stereocenters. The Labute approximate surface area is 82.4 Å². The molecule has 0 bridgehead atoms. The molecule has 0 atom stereocenters. The third kappa shape index (κ3) is 2.24. The van der Waals surface area contributed by atoms with Crippen molar-refractivity contribution in [3.63, 3.8) is 0 Å². The second-order valence-corrected chi connectivity index (χ2v) is 2.84. The minimum atomic E-state index is -1.73. The summed E-state index contributed by atoms with van der Waals surface area (Å²) >= 11 is 0. The van der Waals surface area contributed by atoms with Crippen molar-refractivity contribution in [1.82, 2.24) is 0 Å². The summed E-state index contributed by atoms with van der Waals surface area (Å²) < 4.78 is 0. The normalized spacial score (nSPS) is 9.71.